The first-order chi connectivity index (χ1) is 13.5. The Balaban J connectivity index is 1.67. The quantitative estimate of drug-likeness (QED) is 0.692. The summed E-state index contributed by atoms with van der Waals surface area (Å²) in [5.41, 5.74) is 3.85. The van der Waals surface area contributed by atoms with E-state index >= 15 is 0 Å². The van der Waals surface area contributed by atoms with Crippen LogP contribution >= 0.6 is 0 Å². The van der Waals surface area contributed by atoms with Gasteiger partial charge in [0.15, 0.2) is 0 Å². The van der Waals surface area contributed by atoms with Gasteiger partial charge in [-0.05, 0) is 24.1 Å². The van der Waals surface area contributed by atoms with Crippen LogP contribution in [0.2, 0.25) is 0 Å². The molecule has 0 aliphatic carbocycles. The van der Waals surface area contributed by atoms with Crippen molar-refractivity contribution in [3.8, 4) is 0 Å². The number of carbonyl (C=O) groups is 3. The van der Waals surface area contributed by atoms with Crippen LogP contribution in [0.3, 0.4) is 0 Å². The molecule has 2 N–H and O–H groups in total. The van der Waals surface area contributed by atoms with Crippen LogP contribution in [0.25, 0.3) is 0 Å². The van der Waals surface area contributed by atoms with Crippen molar-refractivity contribution in [1.82, 2.24) is 15.5 Å². The predicted octanol–water partition coefficient (Wildman–Crippen LogP) is -0.0359. The highest BCUT2D eigenvalue weighted by Crippen LogP contribution is 2.40. The molecule has 2 unspecified atom stereocenters. The molecule has 2 atom stereocenters. The molecule has 0 radical (unpaired) electrons. The van der Waals surface area contributed by atoms with Gasteiger partial charge >= 0.3 is 0 Å². The molecule has 0 aromatic heterocycles. The Kier molecular flexibility index (Phi) is 4.97. The van der Waals surface area contributed by atoms with Crippen molar-refractivity contribution in [2.45, 2.75) is 31.5 Å². The van der Waals surface area contributed by atoms with Crippen molar-refractivity contribution >= 4 is 29.5 Å². The van der Waals surface area contributed by atoms with Gasteiger partial charge in [0, 0.05) is 58.8 Å². The minimum absolute atomic E-state index is 0.131. The normalized spacial score (nSPS) is 21.7. The summed E-state index contributed by atoms with van der Waals surface area (Å²) in [6.07, 6.45) is 1.38. The standard InChI is InChI=1S/C20H27N5O3/c1-21-19(27)16(4-3-7-26)25-11-13-8-18-17(9-15(13)20(25)28)23(2)12-14-10-22-5-6-24(14)18/h7-9,14,16,22H,3-6,10-12H2,1-2H3,(H,21,27). The average molecular weight is 385 g/mol. The number of anilines is 2. The van der Waals surface area contributed by atoms with E-state index in [1.165, 1.54) is 0 Å². The van der Waals surface area contributed by atoms with Gasteiger partial charge in [0.05, 0.1) is 17.4 Å². The molecule has 1 aromatic carbocycles. The monoisotopic (exact) mass is 385 g/mol. The average Bonchev–Trinajstić information content (AvgIpc) is 3.03. The topological polar surface area (TPSA) is 85.0 Å². The van der Waals surface area contributed by atoms with Crippen molar-refractivity contribution in [1.29, 1.82) is 0 Å². The molecule has 8 nitrogen and oxygen atoms in total. The molecule has 8 heteroatoms. The zero-order chi connectivity index (χ0) is 19.8. The largest absolute Gasteiger partial charge is 0.371 e. The highest BCUT2D eigenvalue weighted by atomic mass is 16.2. The number of amides is 2. The Labute approximate surface area is 164 Å². The highest BCUT2D eigenvalue weighted by Gasteiger charge is 2.39. The second kappa shape index (κ2) is 7.43. The lowest BCUT2D eigenvalue weighted by Crippen LogP contribution is -2.58. The zero-order valence-electron chi connectivity index (χ0n) is 16.4. The maximum absolute atomic E-state index is 13.1. The molecular weight excluding hydrogens is 358 g/mol. The van der Waals surface area contributed by atoms with E-state index in [-0.39, 0.29) is 18.2 Å². The van der Waals surface area contributed by atoms with E-state index < -0.39 is 6.04 Å². The Morgan fingerprint density at radius 3 is 2.96 bits per heavy atom. The number of aldehydes is 1. The fraction of sp³-hybridized carbons (Fsp3) is 0.550. The molecule has 2 amide bonds. The van der Waals surface area contributed by atoms with Crippen molar-refractivity contribution in [3.05, 3.63) is 23.3 Å². The molecular formula is C20H27N5O3. The number of nitrogens with zero attached hydrogens (tertiary/aromatic N) is 3. The van der Waals surface area contributed by atoms with E-state index in [9.17, 15) is 14.4 Å². The van der Waals surface area contributed by atoms with Crippen molar-refractivity contribution in [3.63, 3.8) is 0 Å². The molecule has 3 aliphatic rings. The Morgan fingerprint density at radius 1 is 1.39 bits per heavy atom. The summed E-state index contributed by atoms with van der Waals surface area (Å²) >= 11 is 0. The second-order valence-electron chi connectivity index (χ2n) is 7.74. The van der Waals surface area contributed by atoms with Crippen molar-refractivity contribution in [2.75, 3.05) is 50.1 Å². The molecule has 4 rings (SSSR count). The van der Waals surface area contributed by atoms with Gasteiger partial charge in [0.1, 0.15) is 12.3 Å². The molecule has 3 heterocycles. The number of hydrogen-bond acceptors (Lipinski definition) is 6. The smallest absolute Gasteiger partial charge is 0.255 e. The van der Waals surface area contributed by atoms with E-state index in [1.807, 2.05) is 6.07 Å². The minimum atomic E-state index is -0.628. The van der Waals surface area contributed by atoms with Crippen LogP contribution in [0.5, 0.6) is 0 Å². The Hall–Kier alpha value is -2.61. The number of rotatable bonds is 5. The third-order valence-corrected chi connectivity index (χ3v) is 6.07. The summed E-state index contributed by atoms with van der Waals surface area (Å²) in [5, 5.41) is 6.08. The van der Waals surface area contributed by atoms with Crippen LogP contribution in [0.1, 0.15) is 28.8 Å². The van der Waals surface area contributed by atoms with Crippen LogP contribution in [0.15, 0.2) is 12.1 Å². The van der Waals surface area contributed by atoms with Gasteiger partial charge in [-0.25, -0.2) is 0 Å². The van der Waals surface area contributed by atoms with E-state index in [1.54, 1.807) is 11.9 Å². The molecule has 28 heavy (non-hydrogen) atoms. The van der Waals surface area contributed by atoms with E-state index in [2.05, 4.69) is 33.5 Å². The number of carbonyl (C=O) groups excluding carboxylic acids is 3. The fourth-order valence-electron chi connectivity index (χ4n) is 4.62. The van der Waals surface area contributed by atoms with Gasteiger partial charge in [0.25, 0.3) is 5.91 Å². The molecule has 0 saturated carbocycles. The molecule has 1 fully saturated rings. The summed E-state index contributed by atoms with van der Waals surface area (Å²) in [5.74, 6) is -0.361. The van der Waals surface area contributed by atoms with Gasteiger partial charge in [-0.2, -0.15) is 0 Å². The third-order valence-electron chi connectivity index (χ3n) is 6.07. The van der Waals surface area contributed by atoms with Gasteiger partial charge in [-0.15, -0.1) is 0 Å². The number of fused-ring (bicyclic) bond motifs is 4. The number of nitrogens with one attached hydrogen (secondary N) is 2. The molecule has 3 aliphatic heterocycles. The lowest BCUT2D eigenvalue weighted by Gasteiger charge is -2.46. The molecule has 0 bridgehead atoms. The summed E-state index contributed by atoms with van der Waals surface area (Å²) < 4.78 is 0. The SMILES string of the molecule is CNC(=O)C(CCC=O)N1Cc2cc3c(cc2C1=O)N(C)CC1CNCCN31. The van der Waals surface area contributed by atoms with E-state index in [0.717, 1.165) is 49.4 Å². The van der Waals surface area contributed by atoms with E-state index in [4.69, 9.17) is 0 Å². The minimum Gasteiger partial charge on any atom is -0.371 e. The molecule has 0 spiro atoms. The van der Waals surface area contributed by atoms with Gasteiger partial charge in [-0.3, -0.25) is 9.59 Å². The molecule has 1 saturated heterocycles. The van der Waals surface area contributed by atoms with Crippen LogP contribution in [-0.2, 0) is 16.1 Å². The van der Waals surface area contributed by atoms with E-state index in [0.29, 0.717) is 24.6 Å². The van der Waals surface area contributed by atoms with Gasteiger partial charge in [0.2, 0.25) is 5.91 Å². The van der Waals surface area contributed by atoms with Gasteiger partial charge < -0.3 is 30.1 Å². The zero-order valence-corrected chi connectivity index (χ0v) is 16.4. The number of likely N-dealkylation sites (N-methyl/N-ethyl adjacent to an activating group) is 2. The highest BCUT2D eigenvalue weighted by molar-refractivity contribution is 6.03. The first-order valence-corrected chi connectivity index (χ1v) is 9.86. The van der Waals surface area contributed by atoms with Crippen LogP contribution in [0.4, 0.5) is 11.4 Å². The summed E-state index contributed by atoms with van der Waals surface area (Å²) in [6.45, 7) is 4.17. The van der Waals surface area contributed by atoms with Crippen molar-refractivity contribution < 1.29 is 14.4 Å². The summed E-state index contributed by atoms with van der Waals surface area (Å²) in [7, 11) is 3.62. The predicted molar refractivity (Wildman–Crippen MR) is 107 cm³/mol. The van der Waals surface area contributed by atoms with Crippen LogP contribution < -0.4 is 20.4 Å². The number of benzene rings is 1. The first-order valence-electron chi connectivity index (χ1n) is 9.86. The Morgan fingerprint density at radius 2 is 2.21 bits per heavy atom. The fourth-order valence-corrected chi connectivity index (χ4v) is 4.62. The van der Waals surface area contributed by atoms with Crippen LogP contribution in [-0.4, -0.2) is 75.4 Å². The summed E-state index contributed by atoms with van der Waals surface area (Å²) in [4.78, 5) is 42.5. The lowest BCUT2D eigenvalue weighted by molar-refractivity contribution is -0.125. The Bertz CT molecular complexity index is 811. The number of hydrogen-bond donors (Lipinski definition) is 2. The first kappa shape index (κ1) is 18.7. The summed E-state index contributed by atoms with van der Waals surface area (Å²) in [6, 6.07) is 3.89. The molecule has 150 valence electrons. The maximum atomic E-state index is 13.1. The molecule has 1 aromatic rings. The maximum Gasteiger partial charge on any atom is 0.255 e. The van der Waals surface area contributed by atoms with Crippen molar-refractivity contribution in [2.24, 2.45) is 0 Å². The lowest BCUT2D eigenvalue weighted by atomic mass is 10.0. The van der Waals surface area contributed by atoms with Crippen LogP contribution in [0, 0.1) is 0 Å². The second-order valence-corrected chi connectivity index (χ2v) is 7.74. The van der Waals surface area contributed by atoms with Gasteiger partial charge in [-0.1, -0.05) is 0 Å². The third kappa shape index (κ3) is 3.01. The number of piperazine rings is 1.